The van der Waals surface area contributed by atoms with Crippen LogP contribution in [0, 0.1) is 17.8 Å². The van der Waals surface area contributed by atoms with Gasteiger partial charge in [0, 0.05) is 12.1 Å². The van der Waals surface area contributed by atoms with E-state index in [0.29, 0.717) is 11.6 Å². The average Bonchev–Trinajstić information content (AvgIpc) is 2.99. The molecule has 0 unspecified atom stereocenters. The molecule has 1 aliphatic carbocycles. The highest BCUT2D eigenvalue weighted by Crippen LogP contribution is 2.27. The number of pyridine rings is 1. The Labute approximate surface area is 81.8 Å². The maximum atomic E-state index is 10.5. The van der Waals surface area contributed by atoms with Gasteiger partial charge >= 0.3 is 5.97 Å². The van der Waals surface area contributed by atoms with Gasteiger partial charge in [-0.25, -0.2) is 9.78 Å². The molecule has 0 bridgehead atoms. The van der Waals surface area contributed by atoms with E-state index < -0.39 is 5.97 Å². The van der Waals surface area contributed by atoms with Gasteiger partial charge in [0.2, 0.25) is 0 Å². The van der Waals surface area contributed by atoms with Crippen LogP contribution < -0.4 is 0 Å². The predicted molar refractivity (Wildman–Crippen MR) is 50.8 cm³/mol. The van der Waals surface area contributed by atoms with Crippen LogP contribution in [0.1, 0.15) is 28.9 Å². The first-order valence-corrected chi connectivity index (χ1v) is 4.46. The number of carbonyl (C=O) groups is 1. The Hall–Kier alpha value is -1.82. The van der Waals surface area contributed by atoms with Crippen molar-refractivity contribution in [1.82, 2.24) is 4.98 Å². The van der Waals surface area contributed by atoms with Crippen LogP contribution in [0.5, 0.6) is 0 Å². The molecule has 0 aliphatic heterocycles. The van der Waals surface area contributed by atoms with E-state index in [0.717, 1.165) is 0 Å². The summed E-state index contributed by atoms with van der Waals surface area (Å²) in [4.78, 5) is 14.5. The molecule has 1 saturated carbocycles. The third-order valence-electron chi connectivity index (χ3n) is 1.99. The molecule has 0 radical (unpaired) electrons. The first-order valence-electron chi connectivity index (χ1n) is 4.46. The molecule has 0 aromatic carbocycles. The zero-order valence-corrected chi connectivity index (χ0v) is 7.53. The van der Waals surface area contributed by atoms with Crippen LogP contribution in [0.25, 0.3) is 0 Å². The molecule has 1 N–H and O–H groups in total. The van der Waals surface area contributed by atoms with E-state index in [4.69, 9.17) is 5.11 Å². The van der Waals surface area contributed by atoms with Crippen LogP contribution >= 0.6 is 0 Å². The van der Waals surface area contributed by atoms with Crippen molar-refractivity contribution in [2.45, 2.75) is 12.8 Å². The second-order valence-electron chi connectivity index (χ2n) is 3.28. The Morgan fingerprint density at radius 1 is 1.50 bits per heavy atom. The van der Waals surface area contributed by atoms with Gasteiger partial charge in [-0.3, -0.25) is 0 Å². The lowest BCUT2D eigenvalue weighted by Gasteiger charge is -1.92. The average molecular weight is 187 g/mol. The normalized spacial score (nSPS) is 14.3. The monoisotopic (exact) mass is 187 g/mol. The van der Waals surface area contributed by atoms with E-state index >= 15 is 0 Å². The van der Waals surface area contributed by atoms with E-state index in [1.165, 1.54) is 25.1 Å². The van der Waals surface area contributed by atoms with Crippen molar-refractivity contribution in [2.75, 3.05) is 0 Å². The second kappa shape index (κ2) is 3.51. The number of aromatic carboxylic acids is 1. The molecule has 0 saturated heterocycles. The van der Waals surface area contributed by atoms with E-state index in [-0.39, 0.29) is 5.56 Å². The molecule has 1 aromatic rings. The minimum Gasteiger partial charge on any atom is -0.478 e. The standard InChI is InChI=1S/C11H9NO2/c13-11(14)9-4-6-10(12-7-9)5-3-8-1-2-8/h4,6-8H,1-2H2,(H,13,14). The Bertz CT molecular complexity index is 407. The quantitative estimate of drug-likeness (QED) is 0.678. The summed E-state index contributed by atoms with van der Waals surface area (Å²) in [7, 11) is 0. The Kier molecular flexibility index (Phi) is 2.19. The lowest BCUT2D eigenvalue weighted by molar-refractivity contribution is 0.0696. The molecule has 0 atom stereocenters. The number of carboxylic acid groups (broad SMARTS) is 1. The summed E-state index contributed by atoms with van der Waals surface area (Å²) >= 11 is 0. The topological polar surface area (TPSA) is 50.2 Å². The molecule has 2 rings (SSSR count). The molecule has 3 heteroatoms. The third kappa shape index (κ3) is 2.11. The van der Waals surface area contributed by atoms with Gasteiger partial charge in [-0.15, -0.1) is 0 Å². The van der Waals surface area contributed by atoms with Crippen molar-refractivity contribution in [2.24, 2.45) is 5.92 Å². The third-order valence-corrected chi connectivity index (χ3v) is 1.99. The SMILES string of the molecule is O=C(O)c1ccc(C#CC2CC2)nc1. The molecule has 0 spiro atoms. The molecular formula is C11H9NO2. The summed E-state index contributed by atoms with van der Waals surface area (Å²) in [5.41, 5.74) is 0.837. The van der Waals surface area contributed by atoms with E-state index in [1.807, 2.05) is 0 Å². The van der Waals surface area contributed by atoms with Crippen LogP contribution in [-0.2, 0) is 0 Å². The molecule has 1 aliphatic rings. The molecule has 14 heavy (non-hydrogen) atoms. The van der Waals surface area contributed by atoms with Crippen LogP contribution in [0.2, 0.25) is 0 Å². The van der Waals surface area contributed by atoms with E-state index in [2.05, 4.69) is 16.8 Å². The Balaban J connectivity index is 2.14. The number of hydrogen-bond donors (Lipinski definition) is 1. The fourth-order valence-corrected chi connectivity index (χ4v) is 0.998. The maximum Gasteiger partial charge on any atom is 0.337 e. The van der Waals surface area contributed by atoms with Crippen LogP contribution in [-0.4, -0.2) is 16.1 Å². The van der Waals surface area contributed by atoms with E-state index in [1.54, 1.807) is 6.07 Å². The minimum absolute atomic E-state index is 0.196. The lowest BCUT2D eigenvalue weighted by Crippen LogP contribution is -1.97. The number of aromatic nitrogens is 1. The summed E-state index contributed by atoms with van der Waals surface area (Å²) < 4.78 is 0. The van der Waals surface area contributed by atoms with Gasteiger partial charge in [0.05, 0.1) is 5.56 Å². The molecule has 70 valence electrons. The number of nitrogens with zero attached hydrogens (tertiary/aromatic N) is 1. The molecule has 1 aromatic heterocycles. The van der Waals surface area contributed by atoms with E-state index in [9.17, 15) is 4.79 Å². The molecular weight excluding hydrogens is 178 g/mol. The van der Waals surface area contributed by atoms with Crippen molar-refractivity contribution in [1.29, 1.82) is 0 Å². The zero-order valence-electron chi connectivity index (χ0n) is 7.53. The lowest BCUT2D eigenvalue weighted by atomic mass is 10.2. The van der Waals surface area contributed by atoms with Gasteiger partial charge < -0.3 is 5.11 Å². The Morgan fingerprint density at radius 3 is 2.79 bits per heavy atom. The highest BCUT2D eigenvalue weighted by molar-refractivity contribution is 5.87. The maximum absolute atomic E-state index is 10.5. The number of rotatable bonds is 1. The highest BCUT2D eigenvalue weighted by atomic mass is 16.4. The largest absolute Gasteiger partial charge is 0.478 e. The fraction of sp³-hybridized carbons (Fsp3) is 0.273. The molecule has 0 amide bonds. The summed E-state index contributed by atoms with van der Waals surface area (Å²) in [6, 6.07) is 3.16. The van der Waals surface area contributed by atoms with Crippen LogP contribution in [0.15, 0.2) is 18.3 Å². The minimum atomic E-state index is -0.959. The van der Waals surface area contributed by atoms with Gasteiger partial charge in [-0.05, 0) is 30.9 Å². The Morgan fingerprint density at radius 2 is 2.29 bits per heavy atom. The molecule has 1 fully saturated rings. The molecule has 1 heterocycles. The van der Waals surface area contributed by atoms with Crippen molar-refractivity contribution >= 4 is 5.97 Å². The van der Waals surface area contributed by atoms with Crippen molar-refractivity contribution in [3.63, 3.8) is 0 Å². The van der Waals surface area contributed by atoms with Gasteiger partial charge in [0.25, 0.3) is 0 Å². The predicted octanol–water partition coefficient (Wildman–Crippen LogP) is 1.54. The van der Waals surface area contributed by atoms with Gasteiger partial charge in [-0.1, -0.05) is 5.92 Å². The smallest absolute Gasteiger partial charge is 0.337 e. The first kappa shape index (κ1) is 8.76. The highest BCUT2D eigenvalue weighted by Gasteiger charge is 2.17. The van der Waals surface area contributed by atoms with Gasteiger partial charge in [0.1, 0.15) is 5.69 Å². The van der Waals surface area contributed by atoms with Crippen LogP contribution in [0.3, 0.4) is 0 Å². The summed E-state index contributed by atoms with van der Waals surface area (Å²) in [5.74, 6) is 5.56. The second-order valence-corrected chi connectivity index (χ2v) is 3.28. The van der Waals surface area contributed by atoms with Gasteiger partial charge in [0.15, 0.2) is 0 Å². The zero-order chi connectivity index (χ0) is 9.97. The van der Waals surface area contributed by atoms with Crippen LogP contribution in [0.4, 0.5) is 0 Å². The number of hydrogen-bond acceptors (Lipinski definition) is 2. The van der Waals surface area contributed by atoms with Gasteiger partial charge in [-0.2, -0.15) is 0 Å². The first-order chi connectivity index (χ1) is 6.75. The summed E-state index contributed by atoms with van der Waals surface area (Å²) in [6.45, 7) is 0. The number of carboxylic acids is 1. The molecule has 3 nitrogen and oxygen atoms in total. The van der Waals surface area contributed by atoms with Crippen molar-refractivity contribution < 1.29 is 9.90 Å². The van der Waals surface area contributed by atoms with Crippen molar-refractivity contribution in [3.8, 4) is 11.8 Å². The summed E-state index contributed by atoms with van der Waals surface area (Å²) in [6.07, 6.45) is 3.69. The fourth-order valence-electron chi connectivity index (χ4n) is 0.998. The summed E-state index contributed by atoms with van der Waals surface area (Å²) in [5, 5.41) is 8.63. The van der Waals surface area contributed by atoms with Crippen molar-refractivity contribution in [3.05, 3.63) is 29.6 Å².